The summed E-state index contributed by atoms with van der Waals surface area (Å²) in [6.07, 6.45) is -9.74. The van der Waals surface area contributed by atoms with Crippen molar-refractivity contribution in [3.8, 4) is 22.8 Å². The number of halogens is 6. The number of alkyl halides is 6. The van der Waals surface area contributed by atoms with Crippen molar-refractivity contribution in [1.82, 2.24) is 4.98 Å². The summed E-state index contributed by atoms with van der Waals surface area (Å²) in [7, 11) is 1.17. The van der Waals surface area contributed by atoms with E-state index in [1.807, 2.05) is 0 Å². The first-order valence-electron chi connectivity index (χ1n) is 6.09. The zero-order valence-electron chi connectivity index (χ0n) is 11.5. The van der Waals surface area contributed by atoms with Crippen LogP contribution < -0.4 is 9.47 Å². The van der Waals surface area contributed by atoms with Gasteiger partial charge in [0.1, 0.15) is 22.9 Å². The molecule has 23 heavy (non-hydrogen) atoms. The van der Waals surface area contributed by atoms with Crippen LogP contribution in [0.3, 0.4) is 0 Å². The maximum Gasteiger partial charge on any atom is 0.573 e. The van der Waals surface area contributed by atoms with Crippen molar-refractivity contribution in [2.24, 2.45) is 0 Å². The summed E-state index contributed by atoms with van der Waals surface area (Å²) in [6.45, 7) is 0. The summed E-state index contributed by atoms with van der Waals surface area (Å²) in [4.78, 5) is 3.38. The quantitative estimate of drug-likeness (QED) is 0.763. The fourth-order valence-corrected chi connectivity index (χ4v) is 1.84. The van der Waals surface area contributed by atoms with E-state index in [1.165, 1.54) is 19.2 Å². The molecule has 0 bridgehead atoms. The number of hydrogen-bond donors (Lipinski definition) is 0. The van der Waals surface area contributed by atoms with E-state index in [4.69, 9.17) is 4.74 Å². The molecule has 3 nitrogen and oxygen atoms in total. The minimum Gasteiger partial charge on any atom is -0.494 e. The zero-order valence-corrected chi connectivity index (χ0v) is 11.5. The van der Waals surface area contributed by atoms with Gasteiger partial charge >= 0.3 is 12.5 Å². The molecule has 1 aromatic carbocycles. The molecule has 0 aliphatic heterocycles. The molecule has 0 spiro atoms. The normalized spacial score (nSPS) is 12.1. The molecule has 0 atom stereocenters. The van der Waals surface area contributed by atoms with Gasteiger partial charge in [-0.05, 0) is 24.3 Å². The van der Waals surface area contributed by atoms with Crippen molar-refractivity contribution in [2.75, 3.05) is 7.11 Å². The molecule has 2 rings (SSSR count). The van der Waals surface area contributed by atoms with Gasteiger partial charge in [0.05, 0.1) is 7.11 Å². The number of pyridine rings is 1. The number of methoxy groups -OCH3 is 1. The molecule has 1 heterocycles. The topological polar surface area (TPSA) is 31.4 Å². The summed E-state index contributed by atoms with van der Waals surface area (Å²) in [5, 5.41) is 0. The number of rotatable bonds is 3. The molecule has 0 saturated heterocycles. The summed E-state index contributed by atoms with van der Waals surface area (Å²) >= 11 is 0. The Bertz CT molecular complexity index is 696. The van der Waals surface area contributed by atoms with Gasteiger partial charge < -0.3 is 9.47 Å². The van der Waals surface area contributed by atoms with Gasteiger partial charge in [0.15, 0.2) is 0 Å². The van der Waals surface area contributed by atoms with Crippen LogP contribution in [0.4, 0.5) is 26.3 Å². The number of nitrogens with zero attached hydrogens (tertiary/aromatic N) is 1. The number of aromatic nitrogens is 1. The number of benzene rings is 1. The highest BCUT2D eigenvalue weighted by Crippen LogP contribution is 2.39. The van der Waals surface area contributed by atoms with E-state index in [9.17, 15) is 26.3 Å². The standard InChI is InChI=1S/C14H9F6NO2/c1-22-10-6-7-11(13(15,16)17)21-12(10)8-4-2-3-5-9(8)23-14(18,19)20/h2-7H,1H3. The van der Waals surface area contributed by atoms with Crippen molar-refractivity contribution in [2.45, 2.75) is 12.5 Å². The molecule has 0 radical (unpaired) electrons. The number of para-hydroxylation sites is 1. The highest BCUT2D eigenvalue weighted by Gasteiger charge is 2.35. The third kappa shape index (κ3) is 4.05. The van der Waals surface area contributed by atoms with Crippen LogP contribution in [0.2, 0.25) is 0 Å². The van der Waals surface area contributed by atoms with Crippen LogP contribution >= 0.6 is 0 Å². The van der Waals surface area contributed by atoms with Crippen molar-refractivity contribution in [1.29, 1.82) is 0 Å². The fourth-order valence-electron chi connectivity index (χ4n) is 1.84. The van der Waals surface area contributed by atoms with Crippen LogP contribution in [-0.4, -0.2) is 18.5 Å². The lowest BCUT2D eigenvalue weighted by atomic mass is 10.1. The van der Waals surface area contributed by atoms with Crippen molar-refractivity contribution >= 4 is 0 Å². The van der Waals surface area contributed by atoms with Crippen LogP contribution in [-0.2, 0) is 6.18 Å². The van der Waals surface area contributed by atoms with Gasteiger partial charge in [-0.15, -0.1) is 13.2 Å². The minimum atomic E-state index is -5.00. The zero-order chi connectivity index (χ0) is 17.3. The maximum atomic E-state index is 12.8. The maximum absolute atomic E-state index is 12.8. The molecule has 0 fully saturated rings. The number of ether oxygens (including phenoxy) is 2. The SMILES string of the molecule is COc1ccc(C(F)(F)F)nc1-c1ccccc1OC(F)(F)F. The van der Waals surface area contributed by atoms with E-state index >= 15 is 0 Å². The molecule has 0 aliphatic rings. The van der Waals surface area contributed by atoms with E-state index in [2.05, 4.69) is 9.72 Å². The number of hydrogen-bond acceptors (Lipinski definition) is 3. The Labute approximate surface area is 126 Å². The molecule has 1 aromatic heterocycles. The van der Waals surface area contributed by atoms with Crippen LogP contribution in [0.25, 0.3) is 11.3 Å². The van der Waals surface area contributed by atoms with Gasteiger partial charge in [-0.3, -0.25) is 0 Å². The summed E-state index contributed by atoms with van der Waals surface area (Å²) < 4.78 is 84.4. The van der Waals surface area contributed by atoms with Crippen molar-refractivity contribution in [3.05, 3.63) is 42.1 Å². The predicted octanol–water partition coefficient (Wildman–Crippen LogP) is 4.67. The lowest BCUT2D eigenvalue weighted by Crippen LogP contribution is -2.18. The van der Waals surface area contributed by atoms with Gasteiger partial charge in [-0.25, -0.2) is 4.98 Å². The highest BCUT2D eigenvalue weighted by molar-refractivity contribution is 5.72. The minimum absolute atomic E-state index is 0.115. The van der Waals surface area contributed by atoms with Gasteiger partial charge in [-0.1, -0.05) is 12.1 Å². The molecular formula is C14H9F6NO2. The third-order valence-corrected chi connectivity index (χ3v) is 2.74. The van der Waals surface area contributed by atoms with E-state index in [0.717, 1.165) is 18.2 Å². The van der Waals surface area contributed by atoms with Gasteiger partial charge in [0.2, 0.25) is 0 Å². The molecule has 124 valence electrons. The molecule has 2 aromatic rings. The highest BCUT2D eigenvalue weighted by atomic mass is 19.4. The van der Waals surface area contributed by atoms with E-state index in [0.29, 0.717) is 6.07 Å². The Hall–Kier alpha value is -2.45. The first-order chi connectivity index (χ1) is 10.6. The van der Waals surface area contributed by atoms with E-state index in [-0.39, 0.29) is 11.3 Å². The smallest absolute Gasteiger partial charge is 0.494 e. The van der Waals surface area contributed by atoms with Crippen LogP contribution in [0.15, 0.2) is 36.4 Å². The first kappa shape index (κ1) is 16.9. The van der Waals surface area contributed by atoms with Crippen LogP contribution in [0.5, 0.6) is 11.5 Å². The third-order valence-electron chi connectivity index (χ3n) is 2.74. The van der Waals surface area contributed by atoms with E-state index < -0.39 is 29.7 Å². The first-order valence-corrected chi connectivity index (χ1v) is 6.09. The average molecular weight is 337 g/mol. The van der Waals surface area contributed by atoms with Gasteiger partial charge in [-0.2, -0.15) is 13.2 Å². The average Bonchev–Trinajstić information content (AvgIpc) is 2.44. The van der Waals surface area contributed by atoms with Crippen molar-refractivity contribution < 1.29 is 35.8 Å². The Morgan fingerprint density at radius 3 is 2.09 bits per heavy atom. The molecule has 0 amide bonds. The van der Waals surface area contributed by atoms with Gasteiger partial charge in [0, 0.05) is 5.56 Å². The lowest BCUT2D eigenvalue weighted by molar-refractivity contribution is -0.274. The second kappa shape index (κ2) is 5.98. The molecule has 0 aliphatic carbocycles. The monoisotopic (exact) mass is 337 g/mol. The van der Waals surface area contributed by atoms with Crippen LogP contribution in [0, 0.1) is 0 Å². The second-order valence-electron chi connectivity index (χ2n) is 4.29. The Morgan fingerprint density at radius 1 is 0.870 bits per heavy atom. The summed E-state index contributed by atoms with van der Waals surface area (Å²) in [5.74, 6) is -0.790. The molecule has 0 unspecified atom stereocenters. The van der Waals surface area contributed by atoms with E-state index in [1.54, 1.807) is 0 Å². The second-order valence-corrected chi connectivity index (χ2v) is 4.29. The lowest BCUT2D eigenvalue weighted by Gasteiger charge is -2.16. The Morgan fingerprint density at radius 2 is 1.52 bits per heavy atom. The Kier molecular flexibility index (Phi) is 4.39. The molecule has 9 heteroatoms. The Balaban J connectivity index is 2.61. The van der Waals surface area contributed by atoms with Crippen molar-refractivity contribution in [3.63, 3.8) is 0 Å². The summed E-state index contributed by atoms with van der Waals surface area (Å²) in [5.41, 5.74) is -1.93. The molecule has 0 saturated carbocycles. The van der Waals surface area contributed by atoms with Gasteiger partial charge in [0.25, 0.3) is 0 Å². The largest absolute Gasteiger partial charge is 0.573 e. The summed E-state index contributed by atoms with van der Waals surface area (Å²) in [6, 6.07) is 6.39. The predicted molar refractivity (Wildman–Crippen MR) is 67.9 cm³/mol. The molecule has 0 N–H and O–H groups in total. The molecular weight excluding hydrogens is 328 g/mol. The fraction of sp³-hybridized carbons (Fsp3) is 0.214. The van der Waals surface area contributed by atoms with Crippen LogP contribution in [0.1, 0.15) is 5.69 Å².